The number of aryl methyl sites for hydroxylation is 1. The lowest BCUT2D eigenvalue weighted by molar-refractivity contribution is -0.115. The van der Waals surface area contributed by atoms with Crippen molar-refractivity contribution in [2.45, 2.75) is 13.5 Å². The number of amides is 1. The van der Waals surface area contributed by atoms with E-state index in [0.29, 0.717) is 12.4 Å². The Bertz CT molecular complexity index is 644. The van der Waals surface area contributed by atoms with Gasteiger partial charge in [-0.3, -0.25) is 10.1 Å². The molecule has 0 radical (unpaired) electrons. The molecule has 2 N–H and O–H groups in total. The normalized spacial score (nSPS) is 13.8. The van der Waals surface area contributed by atoms with Crippen LogP contribution in [0.3, 0.4) is 0 Å². The highest BCUT2D eigenvalue weighted by Gasteiger charge is 2.17. The van der Waals surface area contributed by atoms with E-state index >= 15 is 0 Å². The van der Waals surface area contributed by atoms with Gasteiger partial charge < -0.3 is 14.7 Å². The Morgan fingerprint density at radius 2 is 2.27 bits per heavy atom. The number of rotatable bonds is 3. The van der Waals surface area contributed by atoms with Crippen molar-refractivity contribution >= 4 is 29.9 Å². The number of aromatic nitrogens is 1. The average Bonchev–Trinajstić information content (AvgIpc) is 2.77. The van der Waals surface area contributed by atoms with Gasteiger partial charge in [0.25, 0.3) is 0 Å². The van der Waals surface area contributed by atoms with Crippen LogP contribution < -0.4 is 15.5 Å². The second-order valence-electron chi connectivity index (χ2n) is 5.11. The molecule has 1 aromatic carbocycles. The van der Waals surface area contributed by atoms with Crippen LogP contribution in [0.1, 0.15) is 11.3 Å². The molecule has 0 aliphatic carbocycles. The van der Waals surface area contributed by atoms with Crippen molar-refractivity contribution in [3.05, 3.63) is 41.6 Å². The van der Waals surface area contributed by atoms with Crippen molar-refractivity contribution in [1.29, 1.82) is 0 Å². The first-order valence-electron chi connectivity index (χ1n) is 6.99. The van der Waals surface area contributed by atoms with Crippen LogP contribution in [-0.2, 0) is 11.3 Å². The van der Waals surface area contributed by atoms with E-state index in [9.17, 15) is 4.79 Å². The van der Waals surface area contributed by atoms with Crippen LogP contribution in [0.25, 0.3) is 0 Å². The summed E-state index contributed by atoms with van der Waals surface area (Å²) >= 11 is 0. The number of anilines is 2. The van der Waals surface area contributed by atoms with Crippen LogP contribution in [0, 0.1) is 6.92 Å². The minimum Gasteiger partial charge on any atom is -0.361 e. The molecule has 3 rings (SSSR count). The first-order chi connectivity index (χ1) is 10.2. The molecule has 1 aliphatic heterocycles. The summed E-state index contributed by atoms with van der Waals surface area (Å²) in [4.78, 5) is 14.2. The molecule has 1 aliphatic rings. The Labute approximate surface area is 135 Å². The lowest BCUT2D eigenvalue weighted by Gasteiger charge is -2.23. The SMILES string of the molecule is Cc1cc(NC(=O)CN2CCNCc3ccccc32)on1.Cl. The maximum absolute atomic E-state index is 12.2. The van der Waals surface area contributed by atoms with Gasteiger partial charge in [0.05, 0.1) is 12.2 Å². The van der Waals surface area contributed by atoms with Gasteiger partial charge in [-0.2, -0.15) is 0 Å². The predicted molar refractivity (Wildman–Crippen MR) is 87.5 cm³/mol. The zero-order valence-electron chi connectivity index (χ0n) is 12.3. The van der Waals surface area contributed by atoms with E-state index in [0.717, 1.165) is 31.0 Å². The lowest BCUT2D eigenvalue weighted by atomic mass is 10.1. The fourth-order valence-corrected chi connectivity index (χ4v) is 2.46. The number of fused-ring (bicyclic) bond motifs is 1. The Hall–Kier alpha value is -2.05. The minimum atomic E-state index is -0.108. The summed E-state index contributed by atoms with van der Waals surface area (Å²) in [6.45, 7) is 4.58. The summed E-state index contributed by atoms with van der Waals surface area (Å²) in [5.74, 6) is 0.279. The van der Waals surface area contributed by atoms with Crippen molar-refractivity contribution in [3.63, 3.8) is 0 Å². The van der Waals surface area contributed by atoms with Crippen LogP contribution in [-0.4, -0.2) is 30.7 Å². The van der Waals surface area contributed by atoms with Crippen LogP contribution in [0.5, 0.6) is 0 Å². The zero-order valence-corrected chi connectivity index (χ0v) is 13.2. The Morgan fingerprint density at radius 1 is 1.45 bits per heavy atom. The van der Waals surface area contributed by atoms with Crippen LogP contribution >= 0.6 is 12.4 Å². The smallest absolute Gasteiger partial charge is 0.246 e. The number of benzene rings is 1. The predicted octanol–water partition coefficient (Wildman–Crippen LogP) is 1.95. The van der Waals surface area contributed by atoms with E-state index in [-0.39, 0.29) is 18.3 Å². The molecule has 0 saturated carbocycles. The van der Waals surface area contributed by atoms with Gasteiger partial charge in [-0.15, -0.1) is 12.4 Å². The highest BCUT2D eigenvalue weighted by atomic mass is 35.5. The second kappa shape index (κ2) is 7.29. The Kier molecular flexibility index (Phi) is 5.41. The summed E-state index contributed by atoms with van der Waals surface area (Å²) < 4.78 is 5.01. The molecular formula is C15H19ClN4O2. The van der Waals surface area contributed by atoms with Gasteiger partial charge in [0, 0.05) is 31.4 Å². The molecule has 2 aromatic rings. The standard InChI is InChI=1S/C15H18N4O2.ClH/c1-11-8-15(21-18-11)17-14(20)10-19-7-6-16-9-12-4-2-3-5-13(12)19;/h2-5,8,16H,6-7,9-10H2,1H3,(H,17,20);1H. The lowest BCUT2D eigenvalue weighted by Crippen LogP contribution is -2.36. The molecule has 0 fully saturated rings. The van der Waals surface area contributed by atoms with Gasteiger partial charge in [-0.25, -0.2) is 0 Å². The number of carbonyl (C=O) groups is 1. The summed E-state index contributed by atoms with van der Waals surface area (Å²) in [6.07, 6.45) is 0. The molecule has 0 saturated heterocycles. The number of hydrogen-bond acceptors (Lipinski definition) is 5. The highest BCUT2D eigenvalue weighted by molar-refractivity contribution is 5.93. The molecule has 1 amide bonds. The molecule has 7 heteroatoms. The van der Waals surface area contributed by atoms with Crippen molar-refractivity contribution in [2.75, 3.05) is 29.9 Å². The molecule has 0 bridgehead atoms. The second-order valence-corrected chi connectivity index (χ2v) is 5.11. The van der Waals surface area contributed by atoms with Crippen LogP contribution in [0.2, 0.25) is 0 Å². The van der Waals surface area contributed by atoms with E-state index in [2.05, 4.69) is 26.8 Å². The van der Waals surface area contributed by atoms with Gasteiger partial charge in [0.15, 0.2) is 0 Å². The number of hydrogen-bond donors (Lipinski definition) is 2. The van der Waals surface area contributed by atoms with E-state index in [1.54, 1.807) is 6.07 Å². The van der Waals surface area contributed by atoms with Gasteiger partial charge in [-0.05, 0) is 18.6 Å². The average molecular weight is 323 g/mol. The molecule has 2 heterocycles. The van der Waals surface area contributed by atoms with Gasteiger partial charge >= 0.3 is 0 Å². The third kappa shape index (κ3) is 3.78. The molecule has 22 heavy (non-hydrogen) atoms. The number of para-hydroxylation sites is 1. The first-order valence-corrected chi connectivity index (χ1v) is 6.99. The van der Waals surface area contributed by atoms with Gasteiger partial charge in [0.2, 0.25) is 11.8 Å². The topological polar surface area (TPSA) is 70.4 Å². The molecule has 6 nitrogen and oxygen atoms in total. The van der Waals surface area contributed by atoms with E-state index < -0.39 is 0 Å². The van der Waals surface area contributed by atoms with E-state index in [1.165, 1.54) is 5.56 Å². The van der Waals surface area contributed by atoms with Crippen LogP contribution in [0.15, 0.2) is 34.9 Å². The number of halogens is 1. The van der Waals surface area contributed by atoms with Gasteiger partial charge in [-0.1, -0.05) is 23.4 Å². The number of nitrogens with one attached hydrogen (secondary N) is 2. The minimum absolute atomic E-state index is 0. The Balaban J connectivity index is 0.00000176. The highest BCUT2D eigenvalue weighted by Crippen LogP contribution is 2.21. The number of carbonyl (C=O) groups excluding carboxylic acids is 1. The van der Waals surface area contributed by atoms with Crippen LogP contribution in [0.4, 0.5) is 11.6 Å². The third-order valence-electron chi connectivity index (χ3n) is 3.43. The fraction of sp³-hybridized carbons (Fsp3) is 0.333. The summed E-state index contributed by atoms with van der Waals surface area (Å²) in [5.41, 5.74) is 3.05. The van der Waals surface area contributed by atoms with Crippen molar-refractivity contribution in [2.24, 2.45) is 0 Å². The monoisotopic (exact) mass is 322 g/mol. The molecule has 0 unspecified atom stereocenters. The first kappa shape index (κ1) is 16.3. The summed E-state index contributed by atoms with van der Waals surface area (Å²) in [7, 11) is 0. The maximum atomic E-state index is 12.2. The van der Waals surface area contributed by atoms with E-state index in [4.69, 9.17) is 4.52 Å². The van der Waals surface area contributed by atoms with Crippen molar-refractivity contribution < 1.29 is 9.32 Å². The third-order valence-corrected chi connectivity index (χ3v) is 3.43. The molecule has 0 atom stereocenters. The van der Waals surface area contributed by atoms with Crippen molar-refractivity contribution in [1.82, 2.24) is 10.5 Å². The van der Waals surface area contributed by atoms with E-state index in [1.807, 2.05) is 25.1 Å². The molecule has 1 aromatic heterocycles. The quantitative estimate of drug-likeness (QED) is 0.904. The summed E-state index contributed by atoms with van der Waals surface area (Å²) in [5, 5.41) is 9.84. The Morgan fingerprint density at radius 3 is 3.05 bits per heavy atom. The molecule has 118 valence electrons. The fourth-order valence-electron chi connectivity index (χ4n) is 2.46. The van der Waals surface area contributed by atoms with Crippen molar-refractivity contribution in [3.8, 4) is 0 Å². The zero-order chi connectivity index (χ0) is 14.7. The molecular weight excluding hydrogens is 304 g/mol. The van der Waals surface area contributed by atoms with Gasteiger partial charge in [0.1, 0.15) is 0 Å². The summed E-state index contributed by atoms with van der Waals surface area (Å²) in [6, 6.07) is 9.85. The maximum Gasteiger partial charge on any atom is 0.246 e. The number of nitrogens with zero attached hydrogens (tertiary/aromatic N) is 2. The molecule has 0 spiro atoms. The largest absolute Gasteiger partial charge is 0.361 e.